The zero-order valence-corrected chi connectivity index (χ0v) is 13.0. The van der Waals surface area contributed by atoms with Crippen LogP contribution in [0.5, 0.6) is 0 Å². The molecule has 2 N–H and O–H groups in total. The number of anilines is 1. The topological polar surface area (TPSA) is 52.3 Å². The number of hydrogen-bond donors (Lipinski definition) is 2. The highest BCUT2D eigenvalue weighted by atomic mass is 16.4. The van der Waals surface area contributed by atoms with Gasteiger partial charge in [-0.05, 0) is 25.0 Å². The van der Waals surface area contributed by atoms with E-state index in [1.807, 2.05) is 18.2 Å². The van der Waals surface area contributed by atoms with Gasteiger partial charge in [0, 0.05) is 31.5 Å². The van der Waals surface area contributed by atoms with Crippen LogP contribution >= 0.6 is 0 Å². The lowest BCUT2D eigenvalue weighted by Gasteiger charge is -2.24. The van der Waals surface area contributed by atoms with Crippen molar-refractivity contribution in [2.45, 2.75) is 44.6 Å². The van der Waals surface area contributed by atoms with Crippen LogP contribution in [0.1, 0.15) is 38.5 Å². The number of carboxylic acids is 1. The maximum Gasteiger partial charge on any atom is 0.372 e. The lowest BCUT2D eigenvalue weighted by atomic mass is 9.86. The summed E-state index contributed by atoms with van der Waals surface area (Å²) in [6.07, 6.45) is 6.45. The van der Waals surface area contributed by atoms with E-state index in [-0.39, 0.29) is 6.04 Å². The molecule has 1 heterocycles. The molecule has 4 heteroatoms. The second-order valence-electron chi connectivity index (χ2n) is 6.37. The third-order valence-corrected chi connectivity index (χ3v) is 4.94. The summed E-state index contributed by atoms with van der Waals surface area (Å²) in [5.74, 6) is -0.195. The molecular formula is C18H25N2O2+. The largest absolute Gasteiger partial charge is 0.476 e. The molecule has 1 aliphatic heterocycles. The molecule has 2 fully saturated rings. The van der Waals surface area contributed by atoms with Crippen molar-refractivity contribution in [1.82, 2.24) is 0 Å². The first kappa shape index (κ1) is 15.1. The summed E-state index contributed by atoms with van der Waals surface area (Å²) in [5.41, 5.74) is 2.52. The Bertz CT molecular complexity index is 553. The lowest BCUT2D eigenvalue weighted by molar-refractivity contribution is -0.536. The first-order valence-electron chi connectivity index (χ1n) is 8.40. The van der Waals surface area contributed by atoms with E-state index in [1.54, 1.807) is 0 Å². The standard InChI is InChI=1S/C18H24N2O2/c21-18(22)17-11-6-12-20(17)16-10-5-4-7-14(16)13-19-15-8-2-1-3-9-15/h1-3,8-9,14,17,19H,4-7,10-13H2/p+1/t14-,17-/m0/s1. The monoisotopic (exact) mass is 301 g/mol. The first-order valence-corrected chi connectivity index (χ1v) is 8.40. The van der Waals surface area contributed by atoms with Gasteiger partial charge in [-0.25, -0.2) is 9.37 Å². The summed E-state index contributed by atoms with van der Waals surface area (Å²) in [6.45, 7) is 1.82. The second-order valence-corrected chi connectivity index (χ2v) is 6.37. The molecule has 0 bridgehead atoms. The molecule has 3 rings (SSSR count). The summed E-state index contributed by atoms with van der Waals surface area (Å²) >= 11 is 0. The highest BCUT2D eigenvalue weighted by Crippen LogP contribution is 2.25. The van der Waals surface area contributed by atoms with Gasteiger partial charge in [-0.15, -0.1) is 0 Å². The van der Waals surface area contributed by atoms with Crippen LogP contribution in [0.4, 0.5) is 5.69 Å². The summed E-state index contributed by atoms with van der Waals surface area (Å²) in [6, 6.07) is 9.96. The van der Waals surface area contributed by atoms with Crippen LogP contribution in [-0.4, -0.2) is 40.5 Å². The maximum absolute atomic E-state index is 11.5. The summed E-state index contributed by atoms with van der Waals surface area (Å²) in [7, 11) is 0. The normalized spacial score (nSPS) is 28.5. The van der Waals surface area contributed by atoms with Crippen molar-refractivity contribution in [1.29, 1.82) is 0 Å². The van der Waals surface area contributed by atoms with Crippen molar-refractivity contribution >= 4 is 17.4 Å². The molecule has 1 saturated carbocycles. The van der Waals surface area contributed by atoms with Crippen LogP contribution in [-0.2, 0) is 4.79 Å². The number of nitrogens with zero attached hydrogens (tertiary/aromatic N) is 1. The number of hydrogen-bond acceptors (Lipinski definition) is 2. The predicted octanol–water partition coefficient (Wildman–Crippen LogP) is 2.99. The van der Waals surface area contributed by atoms with E-state index in [0.717, 1.165) is 44.5 Å². The summed E-state index contributed by atoms with van der Waals surface area (Å²) < 4.78 is 2.19. The SMILES string of the molecule is O=C(O)[C@@H]1CCC[N+]1=C1CCCC[C@H]1CNc1ccccc1. The van der Waals surface area contributed by atoms with E-state index in [2.05, 4.69) is 22.0 Å². The smallest absolute Gasteiger partial charge is 0.372 e. The van der Waals surface area contributed by atoms with Crippen LogP contribution < -0.4 is 5.32 Å². The van der Waals surface area contributed by atoms with Crippen molar-refractivity contribution in [2.24, 2.45) is 5.92 Å². The van der Waals surface area contributed by atoms with Gasteiger partial charge in [0.2, 0.25) is 6.04 Å². The number of carboxylic acid groups (broad SMARTS) is 1. The van der Waals surface area contributed by atoms with Crippen LogP contribution in [0.25, 0.3) is 0 Å². The van der Waals surface area contributed by atoms with Crippen molar-refractivity contribution in [3.05, 3.63) is 30.3 Å². The molecular weight excluding hydrogens is 276 g/mol. The van der Waals surface area contributed by atoms with Gasteiger partial charge in [-0.3, -0.25) is 0 Å². The van der Waals surface area contributed by atoms with Gasteiger partial charge in [-0.1, -0.05) is 24.6 Å². The average molecular weight is 301 g/mol. The van der Waals surface area contributed by atoms with Gasteiger partial charge in [0.15, 0.2) is 5.71 Å². The van der Waals surface area contributed by atoms with E-state index in [0.29, 0.717) is 5.92 Å². The van der Waals surface area contributed by atoms with Crippen molar-refractivity contribution in [3.8, 4) is 0 Å². The van der Waals surface area contributed by atoms with E-state index < -0.39 is 5.97 Å². The van der Waals surface area contributed by atoms with Gasteiger partial charge in [0.1, 0.15) is 6.54 Å². The van der Waals surface area contributed by atoms with Gasteiger partial charge in [0.05, 0.1) is 5.92 Å². The Morgan fingerprint density at radius 1 is 1.18 bits per heavy atom. The van der Waals surface area contributed by atoms with Gasteiger partial charge < -0.3 is 10.4 Å². The number of carbonyl (C=O) groups is 1. The predicted molar refractivity (Wildman–Crippen MR) is 87.7 cm³/mol. The third kappa shape index (κ3) is 3.32. The average Bonchev–Trinajstić information content (AvgIpc) is 3.04. The lowest BCUT2D eigenvalue weighted by Crippen LogP contribution is -2.39. The first-order chi connectivity index (χ1) is 10.8. The minimum Gasteiger partial charge on any atom is -0.476 e. The Kier molecular flexibility index (Phi) is 4.76. The molecule has 0 aromatic heterocycles. The number of benzene rings is 1. The zero-order chi connectivity index (χ0) is 15.4. The Balaban J connectivity index is 1.75. The molecule has 1 saturated heterocycles. The Hall–Kier alpha value is -1.84. The van der Waals surface area contributed by atoms with Gasteiger partial charge in [0.25, 0.3) is 0 Å². The molecule has 0 radical (unpaired) electrons. The molecule has 118 valence electrons. The van der Waals surface area contributed by atoms with Gasteiger partial charge >= 0.3 is 5.97 Å². The Labute approximate surface area is 131 Å². The quantitative estimate of drug-likeness (QED) is 0.841. The number of aliphatic carboxylic acids is 1. The Morgan fingerprint density at radius 2 is 2.00 bits per heavy atom. The van der Waals surface area contributed by atoms with Crippen LogP contribution in [0.3, 0.4) is 0 Å². The molecule has 1 aromatic rings. The molecule has 22 heavy (non-hydrogen) atoms. The van der Waals surface area contributed by atoms with Crippen LogP contribution in [0.2, 0.25) is 0 Å². The van der Waals surface area contributed by atoms with Gasteiger partial charge in [-0.2, -0.15) is 0 Å². The fourth-order valence-electron chi connectivity index (χ4n) is 3.83. The second kappa shape index (κ2) is 6.95. The molecule has 0 amide bonds. The van der Waals surface area contributed by atoms with Crippen molar-refractivity contribution in [3.63, 3.8) is 0 Å². The van der Waals surface area contributed by atoms with Crippen LogP contribution in [0.15, 0.2) is 30.3 Å². The molecule has 4 nitrogen and oxygen atoms in total. The van der Waals surface area contributed by atoms with E-state index in [1.165, 1.54) is 18.6 Å². The number of rotatable bonds is 4. The molecule has 1 aliphatic carbocycles. The minimum atomic E-state index is -0.662. The fraction of sp³-hybridized carbons (Fsp3) is 0.556. The molecule has 1 aromatic carbocycles. The summed E-state index contributed by atoms with van der Waals surface area (Å²) in [5, 5.41) is 13.0. The zero-order valence-electron chi connectivity index (χ0n) is 13.0. The van der Waals surface area contributed by atoms with E-state index in [9.17, 15) is 9.90 Å². The molecule has 0 unspecified atom stereocenters. The van der Waals surface area contributed by atoms with E-state index >= 15 is 0 Å². The highest BCUT2D eigenvalue weighted by molar-refractivity contribution is 5.85. The van der Waals surface area contributed by atoms with E-state index in [4.69, 9.17) is 0 Å². The number of para-hydroxylation sites is 1. The number of nitrogens with one attached hydrogen (secondary N) is 1. The highest BCUT2D eigenvalue weighted by Gasteiger charge is 2.39. The fourth-order valence-corrected chi connectivity index (χ4v) is 3.83. The summed E-state index contributed by atoms with van der Waals surface area (Å²) in [4.78, 5) is 11.5. The molecule has 2 atom stereocenters. The molecule has 0 spiro atoms. The Morgan fingerprint density at radius 3 is 2.77 bits per heavy atom. The third-order valence-electron chi connectivity index (χ3n) is 4.94. The minimum absolute atomic E-state index is 0.299. The van der Waals surface area contributed by atoms with Crippen molar-refractivity contribution < 1.29 is 14.5 Å². The van der Waals surface area contributed by atoms with Crippen molar-refractivity contribution in [2.75, 3.05) is 18.4 Å². The van der Waals surface area contributed by atoms with Crippen LogP contribution in [0, 0.1) is 5.92 Å². The molecule has 2 aliphatic rings. The maximum atomic E-state index is 11.5.